The van der Waals surface area contributed by atoms with Gasteiger partial charge in [0.05, 0.1) is 6.42 Å². The van der Waals surface area contributed by atoms with Crippen molar-refractivity contribution in [2.75, 3.05) is 0 Å². The van der Waals surface area contributed by atoms with E-state index in [2.05, 4.69) is 5.32 Å². The highest BCUT2D eigenvalue weighted by Gasteiger charge is 2.32. The number of carbonyl (C=O) groups is 2. The molecule has 3 aromatic rings. The Kier molecular flexibility index (Phi) is 8.88. The molecule has 3 aromatic carbocycles. The predicted octanol–water partition coefficient (Wildman–Crippen LogP) is 5.77. The van der Waals surface area contributed by atoms with E-state index in [0.717, 1.165) is 47.9 Å². The number of hydrogen-bond acceptors (Lipinski definition) is 2. The summed E-state index contributed by atoms with van der Waals surface area (Å²) in [5.41, 5.74) is 3.77. The van der Waals surface area contributed by atoms with Gasteiger partial charge in [0, 0.05) is 19.0 Å². The number of hydrogen-bond donors (Lipinski definition) is 1. The van der Waals surface area contributed by atoms with Gasteiger partial charge in [0.2, 0.25) is 11.8 Å². The Labute approximate surface area is 213 Å². The molecule has 0 heterocycles. The third kappa shape index (κ3) is 7.03. The van der Waals surface area contributed by atoms with Crippen LogP contribution in [0.5, 0.6) is 0 Å². The second kappa shape index (κ2) is 12.5. The molecule has 0 unspecified atom stereocenters. The summed E-state index contributed by atoms with van der Waals surface area (Å²) in [6.07, 6.45) is 5.98. The summed E-state index contributed by atoms with van der Waals surface area (Å²) < 4.78 is 13.6. The third-order valence-corrected chi connectivity index (χ3v) is 7.09. The van der Waals surface area contributed by atoms with E-state index in [9.17, 15) is 14.0 Å². The van der Waals surface area contributed by atoms with E-state index in [-0.39, 0.29) is 36.6 Å². The number of aryl methyl sites for hydroxylation is 1. The van der Waals surface area contributed by atoms with Crippen molar-refractivity contribution in [1.82, 2.24) is 10.2 Å². The van der Waals surface area contributed by atoms with Crippen molar-refractivity contribution >= 4 is 11.8 Å². The molecular weight excluding hydrogens is 451 g/mol. The first-order valence-corrected chi connectivity index (χ1v) is 12.9. The highest BCUT2D eigenvalue weighted by Crippen LogP contribution is 2.21. The van der Waals surface area contributed by atoms with Crippen molar-refractivity contribution in [1.29, 1.82) is 0 Å². The summed E-state index contributed by atoms with van der Waals surface area (Å²) in [6.45, 7) is 2.23. The van der Waals surface area contributed by atoms with Gasteiger partial charge in [0.1, 0.15) is 11.9 Å². The Morgan fingerprint density at radius 3 is 2.25 bits per heavy atom. The van der Waals surface area contributed by atoms with Crippen LogP contribution >= 0.6 is 0 Å². The van der Waals surface area contributed by atoms with Gasteiger partial charge in [-0.1, -0.05) is 86.0 Å². The normalized spacial score (nSPS) is 14.7. The van der Waals surface area contributed by atoms with Gasteiger partial charge in [-0.05, 0) is 54.2 Å². The van der Waals surface area contributed by atoms with E-state index in [1.165, 1.54) is 18.6 Å². The monoisotopic (exact) mass is 486 g/mol. The van der Waals surface area contributed by atoms with Crippen LogP contribution < -0.4 is 5.32 Å². The van der Waals surface area contributed by atoms with Gasteiger partial charge in [-0.3, -0.25) is 9.59 Å². The van der Waals surface area contributed by atoms with Crippen LogP contribution in [-0.4, -0.2) is 28.8 Å². The molecule has 1 saturated carbocycles. The maximum atomic E-state index is 13.8. The number of benzene rings is 3. The number of rotatable bonds is 9. The highest BCUT2D eigenvalue weighted by molar-refractivity contribution is 5.89. The van der Waals surface area contributed by atoms with E-state index < -0.39 is 6.04 Å². The fourth-order valence-electron chi connectivity index (χ4n) is 4.96. The van der Waals surface area contributed by atoms with Gasteiger partial charge >= 0.3 is 0 Å². The number of nitrogens with one attached hydrogen (secondary N) is 1. The average Bonchev–Trinajstić information content (AvgIpc) is 2.89. The molecule has 1 atom stereocenters. The molecule has 0 saturated heterocycles. The lowest BCUT2D eigenvalue weighted by Crippen LogP contribution is -2.53. The molecule has 0 aliphatic heterocycles. The van der Waals surface area contributed by atoms with Crippen molar-refractivity contribution in [3.63, 3.8) is 0 Å². The average molecular weight is 487 g/mol. The lowest BCUT2D eigenvalue weighted by Gasteiger charge is -2.33. The summed E-state index contributed by atoms with van der Waals surface area (Å²) >= 11 is 0. The number of carbonyl (C=O) groups excluding carboxylic acids is 2. The van der Waals surface area contributed by atoms with E-state index >= 15 is 0 Å². The van der Waals surface area contributed by atoms with Gasteiger partial charge in [-0.15, -0.1) is 0 Å². The summed E-state index contributed by atoms with van der Waals surface area (Å²) in [4.78, 5) is 29.3. The zero-order valence-corrected chi connectivity index (χ0v) is 21.0. The standard InChI is InChI=1S/C31H35FN2O2/c1-23-10-8-9-13-26(23)21-30(35)34(22-25-16-18-27(32)19-17-25)29(20-24-11-4-2-5-12-24)31(36)33-28-14-6-3-7-15-28/h2,4-5,8-13,16-19,28-29H,3,6-7,14-15,20-22H2,1H3,(H,33,36)/t29-/m0/s1. The molecule has 5 heteroatoms. The summed E-state index contributed by atoms with van der Waals surface area (Å²) in [7, 11) is 0. The van der Waals surface area contributed by atoms with Crippen molar-refractivity contribution in [2.45, 2.75) is 70.5 Å². The first-order chi connectivity index (χ1) is 17.5. The van der Waals surface area contributed by atoms with Gasteiger partial charge in [0.25, 0.3) is 0 Å². The fraction of sp³-hybridized carbons (Fsp3) is 0.355. The van der Waals surface area contributed by atoms with E-state index in [4.69, 9.17) is 0 Å². The van der Waals surface area contributed by atoms with Crippen LogP contribution in [0.4, 0.5) is 4.39 Å². The van der Waals surface area contributed by atoms with Crippen molar-refractivity contribution < 1.29 is 14.0 Å². The molecule has 1 aliphatic carbocycles. The summed E-state index contributed by atoms with van der Waals surface area (Å²) in [5.74, 6) is -0.563. The minimum atomic E-state index is -0.670. The SMILES string of the molecule is Cc1ccccc1CC(=O)N(Cc1ccc(F)cc1)[C@@H](Cc1ccccc1)C(=O)NC1CCCCC1. The second-order valence-electron chi connectivity index (χ2n) is 9.80. The van der Waals surface area contributed by atoms with Crippen LogP contribution in [0.15, 0.2) is 78.9 Å². The first kappa shape index (κ1) is 25.6. The van der Waals surface area contributed by atoms with Gasteiger partial charge in [0.15, 0.2) is 0 Å². The molecule has 1 fully saturated rings. The zero-order valence-electron chi connectivity index (χ0n) is 21.0. The predicted molar refractivity (Wildman–Crippen MR) is 141 cm³/mol. The Bertz CT molecular complexity index is 1140. The van der Waals surface area contributed by atoms with Crippen LogP contribution in [0.3, 0.4) is 0 Å². The molecule has 1 N–H and O–H groups in total. The fourth-order valence-corrected chi connectivity index (χ4v) is 4.96. The smallest absolute Gasteiger partial charge is 0.243 e. The molecule has 4 rings (SSSR count). The van der Waals surface area contributed by atoms with E-state index in [1.54, 1.807) is 17.0 Å². The maximum Gasteiger partial charge on any atom is 0.243 e. The summed E-state index contributed by atoms with van der Waals surface area (Å²) in [6, 6.07) is 23.3. The largest absolute Gasteiger partial charge is 0.352 e. The lowest BCUT2D eigenvalue weighted by atomic mass is 9.94. The van der Waals surface area contributed by atoms with E-state index in [0.29, 0.717) is 6.42 Å². The van der Waals surface area contributed by atoms with Crippen LogP contribution in [0.2, 0.25) is 0 Å². The molecule has 0 radical (unpaired) electrons. The third-order valence-electron chi connectivity index (χ3n) is 7.09. The summed E-state index contributed by atoms with van der Waals surface area (Å²) in [5, 5.41) is 3.25. The van der Waals surface area contributed by atoms with Crippen LogP contribution in [0.1, 0.15) is 54.4 Å². The molecular formula is C31H35FN2O2. The quantitative estimate of drug-likeness (QED) is 0.418. The van der Waals surface area contributed by atoms with Gasteiger partial charge in [-0.25, -0.2) is 4.39 Å². The molecule has 0 spiro atoms. The second-order valence-corrected chi connectivity index (χ2v) is 9.80. The topological polar surface area (TPSA) is 49.4 Å². The molecule has 0 bridgehead atoms. The molecule has 4 nitrogen and oxygen atoms in total. The number of amides is 2. The minimum Gasteiger partial charge on any atom is -0.352 e. The van der Waals surface area contributed by atoms with Crippen LogP contribution in [0, 0.1) is 12.7 Å². The lowest BCUT2D eigenvalue weighted by molar-refractivity contribution is -0.141. The van der Waals surface area contributed by atoms with Crippen molar-refractivity contribution in [3.8, 4) is 0 Å². The Hall–Kier alpha value is -3.47. The Morgan fingerprint density at radius 1 is 0.889 bits per heavy atom. The highest BCUT2D eigenvalue weighted by atomic mass is 19.1. The first-order valence-electron chi connectivity index (χ1n) is 12.9. The number of halogens is 1. The Balaban J connectivity index is 1.65. The van der Waals surface area contributed by atoms with Crippen LogP contribution in [-0.2, 0) is 29.0 Å². The van der Waals surface area contributed by atoms with Crippen LogP contribution in [0.25, 0.3) is 0 Å². The molecule has 188 valence electrons. The molecule has 1 aliphatic rings. The molecule has 0 aromatic heterocycles. The zero-order chi connectivity index (χ0) is 25.3. The van der Waals surface area contributed by atoms with Gasteiger partial charge in [-0.2, -0.15) is 0 Å². The molecule has 2 amide bonds. The van der Waals surface area contributed by atoms with Crippen molar-refractivity contribution in [2.24, 2.45) is 0 Å². The van der Waals surface area contributed by atoms with E-state index in [1.807, 2.05) is 61.5 Å². The maximum absolute atomic E-state index is 13.8. The molecule has 36 heavy (non-hydrogen) atoms. The van der Waals surface area contributed by atoms with Crippen molar-refractivity contribution in [3.05, 3.63) is 107 Å². The van der Waals surface area contributed by atoms with Gasteiger partial charge < -0.3 is 10.2 Å². The number of nitrogens with zero attached hydrogens (tertiary/aromatic N) is 1. The minimum absolute atomic E-state index is 0.117. The Morgan fingerprint density at radius 2 is 1.56 bits per heavy atom.